The maximum absolute atomic E-state index is 12.1. The van der Waals surface area contributed by atoms with Crippen LogP contribution in [0.3, 0.4) is 0 Å². The average Bonchev–Trinajstić information content (AvgIpc) is 2.53. The Labute approximate surface area is 86.7 Å². The van der Waals surface area contributed by atoms with E-state index in [1.165, 1.54) is 4.31 Å². The number of rotatable bonds is 2. The Morgan fingerprint density at radius 1 is 1.36 bits per heavy atom. The topological polar surface area (TPSA) is 49.4 Å². The first kappa shape index (κ1) is 11.9. The molecule has 1 fully saturated rings. The summed E-state index contributed by atoms with van der Waals surface area (Å²) in [6, 6.07) is 0. The molecule has 14 heavy (non-hydrogen) atoms. The van der Waals surface area contributed by atoms with Crippen LogP contribution in [0.4, 0.5) is 0 Å². The lowest BCUT2D eigenvalue weighted by molar-refractivity contribution is 0.289. The molecule has 1 aliphatic rings. The molecule has 0 aromatic carbocycles. The number of hydrogen-bond donors (Lipinski definition) is 1. The molecule has 0 aliphatic carbocycles. The summed E-state index contributed by atoms with van der Waals surface area (Å²) in [4.78, 5) is 0. The van der Waals surface area contributed by atoms with E-state index in [-0.39, 0.29) is 10.8 Å². The molecule has 1 atom stereocenters. The van der Waals surface area contributed by atoms with Gasteiger partial charge in [-0.15, -0.1) is 0 Å². The lowest BCUT2D eigenvalue weighted by atomic mass is 10.1. The lowest BCUT2D eigenvalue weighted by Gasteiger charge is -2.32. The van der Waals surface area contributed by atoms with Crippen LogP contribution in [0.25, 0.3) is 0 Å². The molecule has 4 nitrogen and oxygen atoms in total. The Balaban J connectivity index is 2.84. The molecule has 0 saturated carbocycles. The predicted molar refractivity (Wildman–Crippen MR) is 57.7 cm³/mol. The second-order valence-corrected chi connectivity index (χ2v) is 7.04. The first-order chi connectivity index (χ1) is 6.26. The fourth-order valence-electron chi connectivity index (χ4n) is 1.49. The van der Waals surface area contributed by atoms with E-state index in [9.17, 15) is 8.42 Å². The Kier molecular flexibility index (Phi) is 3.23. The van der Waals surface area contributed by atoms with Gasteiger partial charge in [-0.1, -0.05) is 0 Å². The largest absolute Gasteiger partial charge is 0.315 e. The molecule has 1 saturated heterocycles. The van der Waals surface area contributed by atoms with Crippen molar-refractivity contribution >= 4 is 10.0 Å². The highest BCUT2D eigenvalue weighted by molar-refractivity contribution is 7.89. The molecule has 5 heteroatoms. The van der Waals surface area contributed by atoms with Crippen molar-refractivity contribution in [1.29, 1.82) is 0 Å². The van der Waals surface area contributed by atoms with Gasteiger partial charge in [-0.2, -0.15) is 4.31 Å². The Hall–Kier alpha value is -0.130. The molecule has 0 amide bonds. The molecule has 0 aromatic heterocycles. The normalized spacial score (nSPS) is 24.5. The third-order valence-electron chi connectivity index (χ3n) is 2.76. The SMILES string of the molecule is CN(C(C)(C)C)S(=O)(=O)C1CCNC1. The minimum atomic E-state index is -3.13. The zero-order valence-corrected chi connectivity index (χ0v) is 10.2. The number of nitrogens with zero attached hydrogens (tertiary/aromatic N) is 1. The van der Waals surface area contributed by atoms with E-state index in [1.54, 1.807) is 7.05 Å². The van der Waals surface area contributed by atoms with Gasteiger partial charge >= 0.3 is 0 Å². The van der Waals surface area contributed by atoms with Crippen LogP contribution < -0.4 is 5.32 Å². The fraction of sp³-hybridized carbons (Fsp3) is 1.00. The molecule has 1 N–H and O–H groups in total. The van der Waals surface area contributed by atoms with E-state index >= 15 is 0 Å². The second kappa shape index (κ2) is 3.79. The monoisotopic (exact) mass is 220 g/mol. The first-order valence-electron chi connectivity index (χ1n) is 4.95. The van der Waals surface area contributed by atoms with Crippen molar-refractivity contribution in [2.75, 3.05) is 20.1 Å². The highest BCUT2D eigenvalue weighted by atomic mass is 32.2. The molecule has 0 bridgehead atoms. The van der Waals surface area contributed by atoms with Gasteiger partial charge in [0.25, 0.3) is 0 Å². The Morgan fingerprint density at radius 2 is 1.93 bits per heavy atom. The molecule has 84 valence electrons. The molecule has 1 rings (SSSR count). The third kappa shape index (κ3) is 2.27. The summed E-state index contributed by atoms with van der Waals surface area (Å²) >= 11 is 0. The molecule has 1 unspecified atom stereocenters. The zero-order chi connectivity index (χ0) is 11.0. The van der Waals surface area contributed by atoms with Crippen molar-refractivity contribution in [3.05, 3.63) is 0 Å². The molecule has 1 heterocycles. The van der Waals surface area contributed by atoms with Crippen molar-refractivity contribution in [3.8, 4) is 0 Å². The summed E-state index contributed by atoms with van der Waals surface area (Å²) in [7, 11) is -1.47. The summed E-state index contributed by atoms with van der Waals surface area (Å²) in [6.07, 6.45) is 0.725. The van der Waals surface area contributed by atoms with Crippen LogP contribution in [-0.4, -0.2) is 43.6 Å². The standard InChI is InChI=1S/C9H20N2O2S/c1-9(2,3)11(4)14(12,13)8-5-6-10-7-8/h8,10H,5-7H2,1-4H3. The Morgan fingerprint density at radius 3 is 2.29 bits per heavy atom. The van der Waals surface area contributed by atoms with Gasteiger partial charge in [0.2, 0.25) is 10.0 Å². The van der Waals surface area contributed by atoms with Gasteiger partial charge in [0.15, 0.2) is 0 Å². The summed E-state index contributed by atoms with van der Waals surface area (Å²) in [5.74, 6) is 0. The van der Waals surface area contributed by atoms with E-state index in [2.05, 4.69) is 5.32 Å². The highest BCUT2D eigenvalue weighted by Gasteiger charge is 2.36. The van der Waals surface area contributed by atoms with Crippen LogP contribution in [0.1, 0.15) is 27.2 Å². The average molecular weight is 220 g/mol. The van der Waals surface area contributed by atoms with Crippen LogP contribution in [0.2, 0.25) is 0 Å². The molecule has 0 radical (unpaired) electrons. The minimum absolute atomic E-state index is 0.244. The molecule has 0 aromatic rings. The van der Waals surface area contributed by atoms with Crippen LogP contribution >= 0.6 is 0 Å². The van der Waals surface area contributed by atoms with E-state index in [0.717, 1.165) is 13.0 Å². The van der Waals surface area contributed by atoms with Gasteiger partial charge in [-0.25, -0.2) is 8.42 Å². The molecular weight excluding hydrogens is 200 g/mol. The summed E-state index contributed by atoms with van der Waals surface area (Å²) in [6.45, 7) is 7.12. The zero-order valence-electron chi connectivity index (χ0n) is 9.37. The molecule has 0 spiro atoms. The smallest absolute Gasteiger partial charge is 0.218 e. The van der Waals surface area contributed by atoms with Crippen molar-refractivity contribution in [1.82, 2.24) is 9.62 Å². The quantitative estimate of drug-likeness (QED) is 0.733. The maximum Gasteiger partial charge on any atom is 0.218 e. The second-order valence-electron chi connectivity index (χ2n) is 4.80. The maximum atomic E-state index is 12.1. The number of hydrogen-bond acceptors (Lipinski definition) is 3. The van der Waals surface area contributed by atoms with Crippen LogP contribution in [0, 0.1) is 0 Å². The van der Waals surface area contributed by atoms with Crippen molar-refractivity contribution < 1.29 is 8.42 Å². The third-order valence-corrected chi connectivity index (χ3v) is 5.32. The van der Waals surface area contributed by atoms with Crippen LogP contribution in [-0.2, 0) is 10.0 Å². The van der Waals surface area contributed by atoms with Gasteiger partial charge in [0.1, 0.15) is 0 Å². The van der Waals surface area contributed by atoms with Gasteiger partial charge < -0.3 is 5.32 Å². The molecule has 1 aliphatic heterocycles. The van der Waals surface area contributed by atoms with Gasteiger partial charge in [0.05, 0.1) is 5.25 Å². The van der Waals surface area contributed by atoms with Gasteiger partial charge in [-0.3, -0.25) is 0 Å². The van der Waals surface area contributed by atoms with E-state index in [1.807, 2.05) is 20.8 Å². The van der Waals surface area contributed by atoms with Gasteiger partial charge in [0, 0.05) is 19.1 Å². The van der Waals surface area contributed by atoms with Crippen molar-refractivity contribution in [3.63, 3.8) is 0 Å². The van der Waals surface area contributed by atoms with E-state index < -0.39 is 10.0 Å². The first-order valence-corrected chi connectivity index (χ1v) is 6.45. The van der Waals surface area contributed by atoms with E-state index in [4.69, 9.17) is 0 Å². The van der Waals surface area contributed by atoms with Crippen molar-refractivity contribution in [2.24, 2.45) is 0 Å². The molecular formula is C9H20N2O2S. The van der Waals surface area contributed by atoms with E-state index in [0.29, 0.717) is 6.54 Å². The number of sulfonamides is 1. The Bertz CT molecular complexity index is 286. The summed E-state index contributed by atoms with van der Waals surface area (Å²) < 4.78 is 25.6. The van der Waals surface area contributed by atoms with Crippen LogP contribution in [0.15, 0.2) is 0 Å². The summed E-state index contributed by atoms with van der Waals surface area (Å²) in [5.41, 5.74) is -0.332. The summed E-state index contributed by atoms with van der Waals surface area (Å²) in [5, 5.41) is 2.84. The lowest BCUT2D eigenvalue weighted by Crippen LogP contribution is -2.47. The minimum Gasteiger partial charge on any atom is -0.315 e. The fourth-order valence-corrected chi connectivity index (χ4v) is 3.44. The van der Waals surface area contributed by atoms with Crippen molar-refractivity contribution in [2.45, 2.75) is 38.0 Å². The predicted octanol–water partition coefficient (Wildman–Crippen LogP) is 0.408. The van der Waals surface area contributed by atoms with Crippen LogP contribution in [0.5, 0.6) is 0 Å². The van der Waals surface area contributed by atoms with Gasteiger partial charge in [-0.05, 0) is 33.7 Å². The highest BCUT2D eigenvalue weighted by Crippen LogP contribution is 2.21. The number of nitrogens with one attached hydrogen (secondary N) is 1.